The Balaban J connectivity index is 1.47. The van der Waals surface area contributed by atoms with E-state index in [-0.39, 0.29) is 31.0 Å². The maximum absolute atomic E-state index is 14.0. The fraction of sp³-hybridized carbons (Fsp3) is 0.568. The molecule has 2 bridgehead atoms. The molecule has 2 aromatic rings. The van der Waals surface area contributed by atoms with Gasteiger partial charge in [0, 0.05) is 31.6 Å². The summed E-state index contributed by atoms with van der Waals surface area (Å²) in [4.78, 5) is 56.4. The van der Waals surface area contributed by atoms with E-state index in [0.717, 1.165) is 24.0 Å². The number of hydrogen-bond donors (Lipinski definition) is 7. The highest BCUT2D eigenvalue weighted by Crippen LogP contribution is 2.32. The second-order valence-corrected chi connectivity index (χ2v) is 14.1. The lowest BCUT2D eigenvalue weighted by Gasteiger charge is -2.39. The standard InChI is InChI=1S/C37H55N7O6/c1-24(2)17-31(35(48)40-30(15-9-10-16-38)37(50)44-22-27-20-28(44)21-43(27)23-33(45)46)42-36(49)32(19-26-13-7-4-8-14-26)41-34(47)29(39)18-25-11-5-3-6-12-25/h3-8,11-14,24,27-32,37,50H,9-10,15-23,38-39H2,1-2H3,(H,40,48)(H,41,47)(H,42,49)(H,45,46). The average molecular weight is 694 g/mol. The maximum atomic E-state index is 14.0. The second kappa shape index (κ2) is 18.9. The summed E-state index contributed by atoms with van der Waals surface area (Å²) in [5.41, 5.74) is 13.8. The third kappa shape index (κ3) is 11.3. The Labute approximate surface area is 295 Å². The van der Waals surface area contributed by atoms with E-state index in [1.54, 1.807) is 0 Å². The van der Waals surface area contributed by atoms with Gasteiger partial charge in [0.15, 0.2) is 0 Å². The van der Waals surface area contributed by atoms with Crippen LogP contribution in [0.5, 0.6) is 0 Å². The molecule has 2 saturated heterocycles. The van der Waals surface area contributed by atoms with Crippen LogP contribution >= 0.6 is 0 Å². The van der Waals surface area contributed by atoms with Crippen molar-refractivity contribution in [3.8, 4) is 0 Å². The summed E-state index contributed by atoms with van der Waals surface area (Å²) in [6, 6.07) is 15.3. The molecule has 274 valence electrons. The molecule has 0 saturated carbocycles. The van der Waals surface area contributed by atoms with Gasteiger partial charge in [-0.15, -0.1) is 0 Å². The van der Waals surface area contributed by atoms with Crippen molar-refractivity contribution in [2.75, 3.05) is 26.2 Å². The van der Waals surface area contributed by atoms with Crippen LogP contribution in [0, 0.1) is 5.92 Å². The number of nitrogens with one attached hydrogen (secondary N) is 3. The number of carbonyl (C=O) groups excluding carboxylic acids is 3. The number of benzene rings is 2. The van der Waals surface area contributed by atoms with E-state index in [9.17, 15) is 29.4 Å². The van der Waals surface area contributed by atoms with Crippen LogP contribution in [0.3, 0.4) is 0 Å². The van der Waals surface area contributed by atoms with E-state index < -0.39 is 54.1 Å². The molecular weight excluding hydrogens is 638 g/mol. The van der Waals surface area contributed by atoms with E-state index in [1.165, 1.54) is 0 Å². The number of piperazine rings is 1. The molecule has 3 amide bonds. The minimum Gasteiger partial charge on any atom is -0.480 e. The molecule has 2 aliphatic heterocycles. The Morgan fingerprint density at radius 2 is 1.42 bits per heavy atom. The highest BCUT2D eigenvalue weighted by Gasteiger charge is 2.47. The van der Waals surface area contributed by atoms with Crippen LogP contribution in [0.2, 0.25) is 0 Å². The van der Waals surface area contributed by atoms with Gasteiger partial charge >= 0.3 is 5.97 Å². The summed E-state index contributed by atoms with van der Waals surface area (Å²) in [6.45, 7) is 5.38. The number of nitrogens with two attached hydrogens (primary N) is 2. The number of aliphatic hydroxyl groups is 1. The molecule has 7 unspecified atom stereocenters. The molecule has 7 atom stereocenters. The lowest BCUT2D eigenvalue weighted by Crippen LogP contribution is -2.61. The lowest BCUT2D eigenvalue weighted by atomic mass is 9.99. The number of carboxylic acids is 1. The molecule has 13 nitrogen and oxygen atoms in total. The van der Waals surface area contributed by atoms with Gasteiger partial charge in [0.1, 0.15) is 18.3 Å². The van der Waals surface area contributed by atoms with Crippen molar-refractivity contribution in [2.24, 2.45) is 17.4 Å². The van der Waals surface area contributed by atoms with Gasteiger partial charge in [-0.05, 0) is 55.7 Å². The number of carboxylic acid groups (broad SMARTS) is 1. The van der Waals surface area contributed by atoms with Gasteiger partial charge in [-0.2, -0.15) is 0 Å². The summed E-state index contributed by atoms with van der Waals surface area (Å²) in [5.74, 6) is -2.24. The fourth-order valence-corrected chi connectivity index (χ4v) is 7.06. The predicted octanol–water partition coefficient (Wildman–Crippen LogP) is 0.590. The highest BCUT2D eigenvalue weighted by atomic mass is 16.4. The lowest BCUT2D eigenvalue weighted by molar-refractivity contribution is -0.140. The topological polar surface area (TPSA) is 203 Å². The summed E-state index contributed by atoms with van der Waals surface area (Å²) in [6.07, 6.45) is 2.47. The largest absolute Gasteiger partial charge is 0.480 e. The summed E-state index contributed by atoms with van der Waals surface area (Å²) < 4.78 is 0. The van der Waals surface area contributed by atoms with Gasteiger partial charge in [0.25, 0.3) is 0 Å². The molecule has 2 aliphatic rings. The monoisotopic (exact) mass is 693 g/mol. The van der Waals surface area contributed by atoms with Crippen LogP contribution in [0.15, 0.2) is 60.7 Å². The Hall–Kier alpha value is -3.88. The second-order valence-electron chi connectivity index (χ2n) is 14.1. The number of fused-ring (bicyclic) bond motifs is 2. The Morgan fingerprint density at radius 1 is 0.820 bits per heavy atom. The Bertz CT molecular complexity index is 1400. The van der Waals surface area contributed by atoms with E-state index in [0.29, 0.717) is 45.3 Å². The van der Waals surface area contributed by atoms with Crippen LogP contribution in [0.1, 0.15) is 57.1 Å². The fourth-order valence-electron chi connectivity index (χ4n) is 7.06. The van der Waals surface area contributed by atoms with Gasteiger partial charge in [-0.3, -0.25) is 29.0 Å². The molecule has 2 fully saturated rings. The van der Waals surface area contributed by atoms with Crippen LogP contribution in [0.4, 0.5) is 0 Å². The molecule has 9 N–H and O–H groups in total. The smallest absolute Gasteiger partial charge is 0.317 e. The first kappa shape index (κ1) is 38.9. The number of unbranched alkanes of at least 4 members (excludes halogenated alkanes) is 1. The molecule has 50 heavy (non-hydrogen) atoms. The van der Waals surface area contributed by atoms with Crippen molar-refractivity contribution >= 4 is 23.7 Å². The zero-order chi connectivity index (χ0) is 36.2. The van der Waals surface area contributed by atoms with E-state index in [1.807, 2.05) is 84.3 Å². The number of aliphatic hydroxyl groups excluding tert-OH is 1. The Kier molecular flexibility index (Phi) is 14.7. The SMILES string of the molecule is CC(C)CC(NC(=O)C(Cc1ccccc1)NC(=O)C(N)Cc1ccccc1)C(=O)NC(CCCCN)C(O)N1CC2CC1CN2CC(=O)O. The van der Waals surface area contributed by atoms with Crippen molar-refractivity contribution in [1.82, 2.24) is 25.8 Å². The van der Waals surface area contributed by atoms with Crippen molar-refractivity contribution in [1.29, 1.82) is 0 Å². The van der Waals surface area contributed by atoms with Crippen LogP contribution in [0.25, 0.3) is 0 Å². The molecule has 2 aromatic carbocycles. The van der Waals surface area contributed by atoms with Gasteiger partial charge < -0.3 is 37.6 Å². The first-order valence-corrected chi connectivity index (χ1v) is 17.8. The molecule has 2 heterocycles. The quantitative estimate of drug-likeness (QED) is 0.0963. The third-order valence-corrected chi connectivity index (χ3v) is 9.62. The number of likely N-dealkylation sites (tertiary alicyclic amines) is 2. The van der Waals surface area contributed by atoms with Crippen molar-refractivity contribution in [3.63, 3.8) is 0 Å². The van der Waals surface area contributed by atoms with Gasteiger partial charge in [0.2, 0.25) is 17.7 Å². The molecule has 0 aliphatic carbocycles. The first-order chi connectivity index (χ1) is 23.9. The van der Waals surface area contributed by atoms with Gasteiger partial charge in [0.05, 0.1) is 18.6 Å². The number of carbonyl (C=O) groups is 4. The molecular formula is C37H55N7O6. The Morgan fingerprint density at radius 3 is 1.98 bits per heavy atom. The van der Waals surface area contributed by atoms with E-state index in [4.69, 9.17) is 11.5 Å². The first-order valence-electron chi connectivity index (χ1n) is 17.8. The normalized spacial score (nSPS) is 20.5. The average Bonchev–Trinajstić information content (AvgIpc) is 3.68. The summed E-state index contributed by atoms with van der Waals surface area (Å²) in [5, 5.41) is 29.7. The molecule has 4 rings (SSSR count). The third-order valence-electron chi connectivity index (χ3n) is 9.62. The molecule has 0 spiro atoms. The van der Waals surface area contributed by atoms with Crippen molar-refractivity contribution < 1.29 is 29.4 Å². The highest BCUT2D eigenvalue weighted by molar-refractivity contribution is 5.93. The maximum Gasteiger partial charge on any atom is 0.317 e. The predicted molar refractivity (Wildman–Crippen MR) is 191 cm³/mol. The number of hydrogen-bond acceptors (Lipinski definition) is 9. The molecule has 13 heteroatoms. The molecule has 0 radical (unpaired) electrons. The van der Waals surface area contributed by atoms with Crippen molar-refractivity contribution in [3.05, 3.63) is 71.8 Å². The summed E-state index contributed by atoms with van der Waals surface area (Å²) in [7, 11) is 0. The minimum absolute atomic E-state index is 0.0231. The molecule has 0 aromatic heterocycles. The zero-order valence-corrected chi connectivity index (χ0v) is 29.2. The van der Waals surface area contributed by atoms with Gasteiger partial charge in [-0.1, -0.05) is 80.9 Å². The zero-order valence-electron chi connectivity index (χ0n) is 29.2. The minimum atomic E-state index is -0.995. The van der Waals surface area contributed by atoms with Gasteiger partial charge in [-0.25, -0.2) is 0 Å². The van der Waals surface area contributed by atoms with E-state index >= 15 is 0 Å². The van der Waals surface area contributed by atoms with E-state index in [2.05, 4.69) is 16.0 Å². The number of rotatable bonds is 20. The van der Waals surface area contributed by atoms with Crippen LogP contribution in [-0.2, 0) is 32.0 Å². The number of amides is 3. The summed E-state index contributed by atoms with van der Waals surface area (Å²) >= 11 is 0. The van der Waals surface area contributed by atoms with Crippen molar-refractivity contribution in [2.45, 2.75) is 101 Å². The van der Waals surface area contributed by atoms with Crippen LogP contribution in [-0.4, -0.2) is 112 Å². The number of aliphatic carboxylic acids is 1. The number of nitrogens with zero attached hydrogens (tertiary/aromatic N) is 2. The van der Waals surface area contributed by atoms with Crippen LogP contribution < -0.4 is 27.4 Å².